The van der Waals surface area contributed by atoms with Gasteiger partial charge in [-0.15, -0.1) is 0 Å². The normalized spacial score (nSPS) is 10.4. The molecule has 4 heteroatoms. The van der Waals surface area contributed by atoms with Crippen molar-refractivity contribution in [1.82, 2.24) is 0 Å². The Morgan fingerprint density at radius 2 is 1.79 bits per heavy atom. The van der Waals surface area contributed by atoms with E-state index in [1.165, 1.54) is 12.1 Å². The van der Waals surface area contributed by atoms with Crippen LogP contribution >= 0.6 is 11.6 Å². The highest BCUT2D eigenvalue weighted by Gasteiger charge is 2.05. The minimum atomic E-state index is -0.416. The lowest BCUT2D eigenvalue weighted by Gasteiger charge is -1.97. The lowest BCUT2D eigenvalue weighted by molar-refractivity contribution is -0.384. The van der Waals surface area contributed by atoms with E-state index in [0.29, 0.717) is 5.02 Å². The average Bonchev–Trinajstić information content (AvgIpc) is 2.16. The van der Waals surface area contributed by atoms with Crippen molar-refractivity contribution >= 4 is 28.1 Å². The molecule has 2 aromatic rings. The highest BCUT2D eigenvalue weighted by molar-refractivity contribution is 6.31. The number of nitro benzene ring substituents is 1. The first-order valence-corrected chi connectivity index (χ1v) is 4.38. The summed E-state index contributed by atoms with van der Waals surface area (Å²) < 4.78 is 0. The van der Waals surface area contributed by atoms with Gasteiger partial charge in [-0.3, -0.25) is 10.1 Å². The van der Waals surface area contributed by atoms with Gasteiger partial charge in [-0.1, -0.05) is 17.7 Å². The van der Waals surface area contributed by atoms with Gasteiger partial charge in [-0.25, -0.2) is 0 Å². The molecule has 2 rings (SSSR count). The highest BCUT2D eigenvalue weighted by atomic mass is 35.5. The second kappa shape index (κ2) is 3.27. The Kier molecular flexibility index (Phi) is 2.09. The van der Waals surface area contributed by atoms with E-state index in [1.807, 2.05) is 6.07 Å². The van der Waals surface area contributed by atoms with E-state index < -0.39 is 4.92 Å². The first-order valence-electron chi connectivity index (χ1n) is 4.00. The van der Waals surface area contributed by atoms with E-state index in [0.717, 1.165) is 10.8 Å². The average molecular weight is 208 g/mol. The zero-order chi connectivity index (χ0) is 10.1. The van der Waals surface area contributed by atoms with Gasteiger partial charge in [0.05, 0.1) is 4.92 Å². The molecule has 0 aliphatic heterocycles. The monoisotopic (exact) mass is 207 g/mol. The van der Waals surface area contributed by atoms with Crippen LogP contribution in [0.15, 0.2) is 36.4 Å². The van der Waals surface area contributed by atoms with Gasteiger partial charge in [0.2, 0.25) is 0 Å². The predicted octanol–water partition coefficient (Wildman–Crippen LogP) is 3.40. The van der Waals surface area contributed by atoms with Crippen LogP contribution in [0.1, 0.15) is 0 Å². The van der Waals surface area contributed by atoms with Crippen molar-refractivity contribution in [1.29, 1.82) is 0 Å². The van der Waals surface area contributed by atoms with Crippen molar-refractivity contribution < 1.29 is 4.92 Å². The van der Waals surface area contributed by atoms with Crippen LogP contribution in [0.4, 0.5) is 5.69 Å². The number of nitrogens with zero attached hydrogens (tertiary/aromatic N) is 1. The van der Waals surface area contributed by atoms with Crippen LogP contribution < -0.4 is 0 Å². The van der Waals surface area contributed by atoms with Crippen LogP contribution in [-0.4, -0.2) is 4.92 Å². The Bertz CT molecular complexity index is 510. The third kappa shape index (κ3) is 1.54. The Morgan fingerprint density at radius 1 is 1.07 bits per heavy atom. The second-order valence-corrected chi connectivity index (χ2v) is 3.37. The van der Waals surface area contributed by atoms with Crippen LogP contribution in [-0.2, 0) is 0 Å². The molecule has 0 fully saturated rings. The van der Waals surface area contributed by atoms with Gasteiger partial charge in [-0.2, -0.15) is 0 Å². The maximum Gasteiger partial charge on any atom is 0.270 e. The minimum Gasteiger partial charge on any atom is -0.258 e. The van der Waals surface area contributed by atoms with Gasteiger partial charge >= 0.3 is 0 Å². The lowest BCUT2D eigenvalue weighted by Crippen LogP contribution is -1.86. The number of fused-ring (bicyclic) bond motifs is 1. The summed E-state index contributed by atoms with van der Waals surface area (Å²) in [5.41, 5.74) is 0.0831. The summed E-state index contributed by atoms with van der Waals surface area (Å²) in [6.45, 7) is 0. The van der Waals surface area contributed by atoms with Crippen molar-refractivity contribution in [3.8, 4) is 0 Å². The molecule has 70 valence electrons. The topological polar surface area (TPSA) is 43.1 Å². The maximum atomic E-state index is 10.5. The fraction of sp³-hybridized carbons (Fsp3) is 0. The number of hydrogen-bond acceptors (Lipinski definition) is 2. The Balaban J connectivity index is 2.69. The van der Waals surface area contributed by atoms with Crippen molar-refractivity contribution in [3.05, 3.63) is 51.5 Å². The number of hydrogen-bond donors (Lipinski definition) is 0. The Hall–Kier alpha value is -1.61. The van der Waals surface area contributed by atoms with E-state index in [1.54, 1.807) is 18.2 Å². The molecule has 0 spiro atoms. The summed E-state index contributed by atoms with van der Waals surface area (Å²) in [5, 5.41) is 12.8. The van der Waals surface area contributed by atoms with E-state index >= 15 is 0 Å². The summed E-state index contributed by atoms with van der Waals surface area (Å²) >= 11 is 5.78. The largest absolute Gasteiger partial charge is 0.270 e. The second-order valence-electron chi connectivity index (χ2n) is 2.93. The van der Waals surface area contributed by atoms with Crippen LogP contribution in [0.5, 0.6) is 0 Å². The third-order valence-electron chi connectivity index (χ3n) is 2.00. The molecule has 0 saturated heterocycles. The van der Waals surface area contributed by atoms with Crippen LogP contribution in [0.3, 0.4) is 0 Å². The van der Waals surface area contributed by atoms with Gasteiger partial charge in [0.1, 0.15) is 0 Å². The van der Waals surface area contributed by atoms with E-state index in [4.69, 9.17) is 11.6 Å². The van der Waals surface area contributed by atoms with Gasteiger partial charge in [0.15, 0.2) is 0 Å². The molecule has 0 radical (unpaired) electrons. The Morgan fingerprint density at radius 3 is 2.50 bits per heavy atom. The van der Waals surface area contributed by atoms with Crippen molar-refractivity contribution in [2.45, 2.75) is 0 Å². The fourth-order valence-corrected chi connectivity index (χ4v) is 1.50. The molecule has 0 atom stereocenters. The third-order valence-corrected chi connectivity index (χ3v) is 2.23. The summed E-state index contributed by atoms with van der Waals surface area (Å²) in [6, 6.07) is 10.0. The molecule has 0 saturated carbocycles. The van der Waals surface area contributed by atoms with E-state index in [9.17, 15) is 10.1 Å². The van der Waals surface area contributed by atoms with Crippen LogP contribution in [0.25, 0.3) is 10.8 Å². The molecule has 0 aromatic heterocycles. The molecule has 3 nitrogen and oxygen atoms in total. The van der Waals surface area contributed by atoms with Gasteiger partial charge < -0.3 is 0 Å². The first kappa shape index (κ1) is 8.97. The standard InChI is InChI=1S/C10H6ClNO2/c11-9-3-1-7-2-4-10(12(13)14)6-8(7)5-9/h1-6H. The fourth-order valence-electron chi connectivity index (χ4n) is 1.32. The molecule has 0 heterocycles. The number of non-ortho nitro benzene ring substituents is 1. The highest BCUT2D eigenvalue weighted by Crippen LogP contribution is 2.23. The SMILES string of the molecule is O=[N+]([O-])c1ccc2ccc(Cl)cc2c1. The maximum absolute atomic E-state index is 10.5. The van der Waals surface area contributed by atoms with Crippen molar-refractivity contribution in [3.63, 3.8) is 0 Å². The lowest BCUT2D eigenvalue weighted by atomic mass is 10.1. The summed E-state index contributed by atoms with van der Waals surface area (Å²) in [5.74, 6) is 0. The molecule has 0 aliphatic carbocycles. The molecule has 0 aliphatic rings. The van der Waals surface area contributed by atoms with Crippen molar-refractivity contribution in [2.75, 3.05) is 0 Å². The molecular formula is C10H6ClNO2. The smallest absolute Gasteiger partial charge is 0.258 e. The predicted molar refractivity (Wildman–Crippen MR) is 55.6 cm³/mol. The van der Waals surface area contributed by atoms with Crippen molar-refractivity contribution in [2.24, 2.45) is 0 Å². The minimum absolute atomic E-state index is 0.0831. The van der Waals surface area contributed by atoms with E-state index in [-0.39, 0.29) is 5.69 Å². The number of nitro groups is 1. The van der Waals surface area contributed by atoms with Crippen LogP contribution in [0, 0.1) is 10.1 Å². The molecule has 0 amide bonds. The number of rotatable bonds is 1. The molecule has 14 heavy (non-hydrogen) atoms. The van der Waals surface area contributed by atoms with Gasteiger partial charge in [0.25, 0.3) is 5.69 Å². The number of halogens is 1. The molecular weight excluding hydrogens is 202 g/mol. The molecule has 0 bridgehead atoms. The van der Waals surface area contributed by atoms with Crippen LogP contribution in [0.2, 0.25) is 5.02 Å². The summed E-state index contributed by atoms with van der Waals surface area (Å²) in [7, 11) is 0. The van der Waals surface area contributed by atoms with Gasteiger partial charge in [-0.05, 0) is 29.0 Å². The summed E-state index contributed by atoms with van der Waals surface area (Å²) in [4.78, 5) is 10.1. The molecule has 0 N–H and O–H groups in total. The van der Waals surface area contributed by atoms with Gasteiger partial charge in [0, 0.05) is 17.2 Å². The number of benzene rings is 2. The zero-order valence-electron chi connectivity index (χ0n) is 7.11. The quantitative estimate of drug-likeness (QED) is 0.531. The van der Waals surface area contributed by atoms with E-state index in [2.05, 4.69) is 0 Å². The molecule has 0 unspecified atom stereocenters. The summed E-state index contributed by atoms with van der Waals surface area (Å²) in [6.07, 6.45) is 0. The zero-order valence-corrected chi connectivity index (χ0v) is 7.86. The molecule has 2 aromatic carbocycles. The Labute approximate surface area is 85.1 Å². The first-order chi connectivity index (χ1) is 6.66.